The van der Waals surface area contributed by atoms with Gasteiger partial charge in [0.15, 0.2) is 0 Å². The maximum atomic E-state index is 9.11. The molecule has 0 aromatic carbocycles. The van der Waals surface area contributed by atoms with Crippen LogP contribution < -0.4 is 35.7 Å². The molecule has 0 bridgehead atoms. The van der Waals surface area contributed by atoms with Crippen LogP contribution in [0.3, 0.4) is 0 Å². The Morgan fingerprint density at radius 3 is 1.44 bits per heavy atom. The molecule has 0 spiro atoms. The van der Waals surface area contributed by atoms with Gasteiger partial charge in [0, 0.05) is 50.6 Å². The van der Waals surface area contributed by atoms with Crippen LogP contribution in [-0.4, -0.2) is 13.3 Å². The molecule has 0 fully saturated rings. The molecule has 64 valence electrons. The van der Waals surface area contributed by atoms with E-state index >= 15 is 0 Å². The van der Waals surface area contributed by atoms with E-state index in [1.54, 1.807) is 0 Å². The van der Waals surface area contributed by atoms with Gasteiger partial charge in [-0.05, 0) is 0 Å². The summed E-state index contributed by atoms with van der Waals surface area (Å²) in [5.74, 6) is 0. The molecule has 9 heavy (non-hydrogen) atoms. The van der Waals surface area contributed by atoms with Crippen LogP contribution >= 0.6 is 0 Å². The molecule has 2 radical (unpaired) electrons. The van der Waals surface area contributed by atoms with Crippen LogP contribution in [0.4, 0.5) is 0 Å². The summed E-state index contributed by atoms with van der Waals surface area (Å²) < 4.78 is 24.0. The normalized spacial score (nSPS) is 6.44. The minimum Gasteiger partial charge on any atom is -1.00 e. The topological polar surface area (TPSA) is 92.5 Å². The Hall–Kier alpha value is 2.51. The van der Waals surface area contributed by atoms with Crippen molar-refractivity contribution < 1.29 is 83.7 Å². The Bertz CT molecular complexity index is 110. The Kier molecular flexibility index (Phi) is 43.7. The fraction of sp³-hybridized carbons (Fsp3) is 0. The first-order valence-electron chi connectivity index (χ1n) is 0.698. The van der Waals surface area contributed by atoms with Crippen molar-refractivity contribution in [3.8, 4) is 0 Å². The molecule has 0 heterocycles. The van der Waals surface area contributed by atoms with Gasteiger partial charge in [-0.15, -0.1) is 0 Å². The monoisotopic (exact) mass is 415 g/mol. The molecular formula is H6AuCuNNaO3S2. The van der Waals surface area contributed by atoms with Crippen molar-refractivity contribution in [3.05, 3.63) is 0 Å². The Morgan fingerprint density at radius 1 is 1.44 bits per heavy atom. The van der Waals surface area contributed by atoms with Crippen LogP contribution in [0.15, 0.2) is 0 Å². The average molecular weight is 416 g/mol. The standard InChI is InChI=1S/Au.Cu.H3N.Na.H2O3S2.H/c;;;;1-5(2,3)4;/h;;1H3;;(H2,1,2,3,4);/q;;;+1;;-1. The zero-order chi connectivity index (χ0) is 4.50. The number of hydrogen-bond acceptors (Lipinski definition) is 3. The van der Waals surface area contributed by atoms with Crippen molar-refractivity contribution in [1.82, 2.24) is 6.15 Å². The van der Waals surface area contributed by atoms with Crippen LogP contribution in [0.2, 0.25) is 0 Å². The summed E-state index contributed by atoms with van der Waals surface area (Å²) in [6.45, 7) is 0. The predicted octanol–water partition coefficient (Wildman–Crippen LogP) is -3.05. The second kappa shape index (κ2) is 13.1. The molecule has 0 amide bonds. The molecule has 0 aliphatic heterocycles. The van der Waals surface area contributed by atoms with Crippen molar-refractivity contribution in [1.29, 1.82) is 0 Å². The van der Waals surface area contributed by atoms with Crippen LogP contribution in [0, 0.1) is 0 Å². The van der Waals surface area contributed by atoms with E-state index < -0.39 is 9.05 Å². The first kappa shape index (κ1) is 30.0. The van der Waals surface area contributed by atoms with Crippen molar-refractivity contribution in [2.75, 3.05) is 0 Å². The maximum Gasteiger partial charge on any atom is 1.00 e. The third-order valence-electron chi connectivity index (χ3n) is 0. The molecule has 5 N–H and O–H groups in total. The van der Waals surface area contributed by atoms with Gasteiger partial charge in [-0.1, -0.05) is 0 Å². The fourth-order valence-corrected chi connectivity index (χ4v) is 0. The summed E-state index contributed by atoms with van der Waals surface area (Å²) in [6, 6.07) is 0. The summed E-state index contributed by atoms with van der Waals surface area (Å²) in [5.41, 5.74) is 0. The largest absolute Gasteiger partial charge is 1.00 e. The summed E-state index contributed by atoms with van der Waals surface area (Å²) >= 11 is 3.47. The number of rotatable bonds is 0. The molecule has 0 rings (SSSR count). The van der Waals surface area contributed by atoms with Crippen LogP contribution in [0.25, 0.3) is 0 Å². The van der Waals surface area contributed by atoms with E-state index in [0.29, 0.717) is 0 Å². The van der Waals surface area contributed by atoms with Crippen molar-refractivity contribution in [2.24, 2.45) is 0 Å². The van der Waals surface area contributed by atoms with Gasteiger partial charge in [0.2, 0.25) is 0 Å². The van der Waals surface area contributed by atoms with E-state index in [0.717, 1.165) is 0 Å². The Labute approximate surface area is 109 Å². The minimum absolute atomic E-state index is 0. The van der Waals surface area contributed by atoms with E-state index in [1.807, 2.05) is 0 Å². The van der Waals surface area contributed by atoms with E-state index in [2.05, 4.69) is 11.2 Å². The van der Waals surface area contributed by atoms with Crippen molar-refractivity contribution >= 4 is 20.2 Å². The van der Waals surface area contributed by atoms with Crippen LogP contribution in [0.1, 0.15) is 1.43 Å². The molecule has 0 unspecified atom stereocenters. The van der Waals surface area contributed by atoms with E-state index in [1.165, 1.54) is 0 Å². The summed E-state index contributed by atoms with van der Waals surface area (Å²) in [4.78, 5) is 0. The van der Waals surface area contributed by atoms with Gasteiger partial charge in [-0.25, -0.2) is 0 Å². The van der Waals surface area contributed by atoms with Gasteiger partial charge in [0.25, 0.3) is 9.05 Å². The zero-order valence-corrected chi connectivity index (χ0v) is 11.2. The van der Waals surface area contributed by atoms with Gasteiger partial charge < -0.3 is 7.58 Å². The fourth-order valence-electron chi connectivity index (χ4n) is 0. The van der Waals surface area contributed by atoms with E-state index in [-0.39, 0.29) is 76.6 Å². The van der Waals surface area contributed by atoms with Gasteiger partial charge in [0.05, 0.1) is 0 Å². The van der Waals surface area contributed by atoms with E-state index in [9.17, 15) is 0 Å². The molecule has 9 heteroatoms. The summed E-state index contributed by atoms with van der Waals surface area (Å²) in [7, 11) is -3.83. The molecule has 0 saturated heterocycles. The second-order valence-corrected chi connectivity index (χ2v) is 2.65. The first-order chi connectivity index (χ1) is 2.00. The van der Waals surface area contributed by atoms with Gasteiger partial charge in [0.1, 0.15) is 0 Å². The van der Waals surface area contributed by atoms with E-state index in [4.69, 9.17) is 13.3 Å². The summed E-state index contributed by atoms with van der Waals surface area (Å²) in [6.07, 6.45) is 0. The van der Waals surface area contributed by atoms with Crippen LogP contribution in [0.5, 0.6) is 0 Å². The molecule has 4 nitrogen and oxygen atoms in total. The SMILES string of the molecule is N.O=S(O)(O)=S.[Au].[Cu].[H-].[Na+]. The van der Waals surface area contributed by atoms with Gasteiger partial charge >= 0.3 is 29.6 Å². The quantitative estimate of drug-likeness (QED) is 0.366. The summed E-state index contributed by atoms with van der Waals surface area (Å²) in [5, 5.41) is 0. The van der Waals surface area contributed by atoms with Crippen LogP contribution in [-0.2, 0) is 59.7 Å². The molecule has 0 aromatic rings. The maximum absolute atomic E-state index is 9.11. The molecular weight excluding hydrogens is 410 g/mol. The Morgan fingerprint density at radius 2 is 1.44 bits per heavy atom. The molecule has 0 saturated carbocycles. The minimum atomic E-state index is -3.83. The predicted molar refractivity (Wildman–Crippen MR) is 26.9 cm³/mol. The Balaban J connectivity index is -0.00000000800. The van der Waals surface area contributed by atoms with Crippen molar-refractivity contribution in [2.45, 2.75) is 0 Å². The molecule has 0 atom stereocenters. The van der Waals surface area contributed by atoms with Gasteiger partial charge in [-0.2, -0.15) is 4.21 Å². The zero-order valence-electron chi connectivity index (χ0n) is 5.43. The third kappa shape index (κ3) is 121. The number of hydrogen-bond donors (Lipinski definition) is 3. The third-order valence-corrected chi connectivity index (χ3v) is 0. The molecule has 0 aliphatic carbocycles. The van der Waals surface area contributed by atoms with Gasteiger partial charge in [-0.3, -0.25) is 9.11 Å². The first-order valence-corrected chi connectivity index (χ1v) is 3.10. The molecule has 0 aliphatic rings. The second-order valence-electron chi connectivity index (χ2n) is 0.448. The smallest absolute Gasteiger partial charge is 1.00 e. The molecule has 0 aromatic heterocycles. The average Bonchev–Trinajstić information content (AvgIpc) is 0.722. The van der Waals surface area contributed by atoms with Crippen molar-refractivity contribution in [3.63, 3.8) is 0 Å².